The summed E-state index contributed by atoms with van der Waals surface area (Å²) in [4.78, 5) is 14.5. The molecule has 2 N–H and O–H groups in total. The van der Waals surface area contributed by atoms with Crippen LogP contribution in [-0.4, -0.2) is 89.0 Å². The highest BCUT2D eigenvalue weighted by atomic mass is 28.3. The van der Waals surface area contributed by atoms with E-state index in [-0.39, 0.29) is 30.2 Å². The molecule has 3 aliphatic rings. The molecule has 0 aliphatic carbocycles. The van der Waals surface area contributed by atoms with E-state index in [0.717, 1.165) is 51.9 Å². The average molecular weight is 469 g/mol. The van der Waals surface area contributed by atoms with Gasteiger partial charge in [-0.15, -0.1) is 0 Å². The van der Waals surface area contributed by atoms with Gasteiger partial charge in [-0.25, -0.2) is 10.2 Å². The molecule has 184 valence electrons. The van der Waals surface area contributed by atoms with E-state index in [2.05, 4.69) is 48.5 Å². The lowest BCUT2D eigenvalue weighted by Crippen LogP contribution is -2.57. The van der Waals surface area contributed by atoms with E-state index >= 15 is 0 Å². The Kier molecular flexibility index (Phi) is 9.42. The summed E-state index contributed by atoms with van der Waals surface area (Å²) in [7, 11) is 0.378. The van der Waals surface area contributed by atoms with E-state index in [1.54, 1.807) is 0 Å². The topological polar surface area (TPSA) is 75.3 Å². The van der Waals surface area contributed by atoms with Crippen molar-refractivity contribution in [2.75, 3.05) is 46.7 Å². The van der Waals surface area contributed by atoms with Crippen LogP contribution in [-0.2, 0) is 14.2 Å². The van der Waals surface area contributed by atoms with Crippen LogP contribution in [0.3, 0.4) is 0 Å². The smallest absolute Gasteiger partial charge is 0.409 e. The maximum absolute atomic E-state index is 12.6. The highest BCUT2D eigenvalue weighted by Crippen LogP contribution is 2.33. The molecule has 9 heteroatoms. The zero-order valence-electron chi connectivity index (χ0n) is 20.7. The van der Waals surface area contributed by atoms with Gasteiger partial charge in [-0.3, -0.25) is 5.01 Å². The fourth-order valence-corrected chi connectivity index (χ4v) is 5.68. The quantitative estimate of drug-likeness (QED) is 0.398. The van der Waals surface area contributed by atoms with Crippen molar-refractivity contribution in [1.29, 1.82) is 0 Å². The van der Waals surface area contributed by atoms with Crippen molar-refractivity contribution in [3.05, 3.63) is 11.8 Å². The number of ether oxygens (including phenoxy) is 3. The van der Waals surface area contributed by atoms with Crippen LogP contribution in [0.25, 0.3) is 0 Å². The minimum atomic E-state index is -1.09. The number of carbonyl (C=O) groups is 1. The first-order valence-electron chi connectivity index (χ1n) is 12.2. The highest BCUT2D eigenvalue weighted by molar-refractivity contribution is 6.76. The highest BCUT2D eigenvalue weighted by Gasteiger charge is 2.42. The van der Waals surface area contributed by atoms with Crippen molar-refractivity contribution >= 4 is 14.2 Å². The van der Waals surface area contributed by atoms with Crippen molar-refractivity contribution in [2.45, 2.75) is 76.5 Å². The molecule has 0 aromatic heterocycles. The lowest BCUT2D eigenvalue weighted by Gasteiger charge is -2.43. The number of nitrogens with one attached hydrogen (secondary N) is 2. The number of hydrogen-bond donors (Lipinski definition) is 2. The molecule has 3 aliphatic heterocycles. The Morgan fingerprint density at radius 2 is 1.97 bits per heavy atom. The summed E-state index contributed by atoms with van der Waals surface area (Å²) in [6.45, 7) is 13.9. The molecule has 0 bridgehead atoms. The van der Waals surface area contributed by atoms with E-state index in [1.807, 2.05) is 4.90 Å². The lowest BCUT2D eigenvalue weighted by atomic mass is 9.81. The largest absolute Gasteiger partial charge is 0.453 e. The molecule has 0 saturated carbocycles. The number of carbonyl (C=O) groups excluding carboxylic acids is 1. The summed E-state index contributed by atoms with van der Waals surface area (Å²) in [6.07, 6.45) is 6.25. The molecular formula is C23H44N4O4Si. The maximum Gasteiger partial charge on any atom is 0.409 e. The third kappa shape index (κ3) is 7.18. The van der Waals surface area contributed by atoms with Gasteiger partial charge < -0.3 is 24.4 Å². The lowest BCUT2D eigenvalue weighted by molar-refractivity contribution is -0.0387. The van der Waals surface area contributed by atoms with Crippen LogP contribution in [0, 0.1) is 5.92 Å². The molecular weight excluding hydrogens is 424 g/mol. The molecule has 2 fully saturated rings. The molecule has 0 aromatic rings. The van der Waals surface area contributed by atoms with Crippen LogP contribution < -0.4 is 10.7 Å². The number of amides is 1. The van der Waals surface area contributed by atoms with E-state index < -0.39 is 8.07 Å². The number of hydrogen-bond acceptors (Lipinski definition) is 7. The van der Waals surface area contributed by atoms with Gasteiger partial charge in [0.05, 0.1) is 31.9 Å². The molecule has 3 heterocycles. The standard InChI is InChI=1S/C23H44N4O4Si/c1-18-15-26(17-30-13-14-32(3,4)5)25-22(18)20-7-6-12-27(23(28)29-2)21(20)16-31-19-8-10-24-11-9-19/h15,19-22,24-25H,6-14,16-17H2,1-5H3/t20-,21-,22?/m0/s1. The number of piperidine rings is 2. The van der Waals surface area contributed by atoms with Crippen LogP contribution in [0.15, 0.2) is 11.8 Å². The first kappa shape index (κ1) is 25.5. The van der Waals surface area contributed by atoms with Gasteiger partial charge in [0.1, 0.15) is 6.73 Å². The number of likely N-dealkylation sites (tertiary alicyclic amines) is 1. The molecule has 2 saturated heterocycles. The maximum atomic E-state index is 12.6. The molecule has 32 heavy (non-hydrogen) atoms. The van der Waals surface area contributed by atoms with Gasteiger partial charge in [0.25, 0.3) is 0 Å². The Morgan fingerprint density at radius 3 is 2.66 bits per heavy atom. The Balaban J connectivity index is 1.60. The molecule has 3 atom stereocenters. The van der Waals surface area contributed by atoms with Gasteiger partial charge >= 0.3 is 6.09 Å². The van der Waals surface area contributed by atoms with Gasteiger partial charge in [-0.2, -0.15) is 0 Å². The number of rotatable bonds is 9. The summed E-state index contributed by atoms with van der Waals surface area (Å²) in [5.74, 6) is 0.271. The first-order chi connectivity index (χ1) is 15.3. The van der Waals surface area contributed by atoms with Crippen LogP contribution in [0.4, 0.5) is 4.79 Å². The van der Waals surface area contributed by atoms with Crippen LogP contribution in [0.5, 0.6) is 0 Å². The normalized spacial score (nSPS) is 27.5. The predicted octanol–water partition coefficient (Wildman–Crippen LogP) is 3.01. The van der Waals surface area contributed by atoms with Crippen molar-refractivity contribution in [1.82, 2.24) is 20.7 Å². The zero-order chi connectivity index (χ0) is 23.1. The Bertz CT molecular complexity index is 636. The molecule has 1 amide bonds. The Labute approximate surface area is 195 Å². The minimum absolute atomic E-state index is 0.000283. The minimum Gasteiger partial charge on any atom is -0.453 e. The van der Waals surface area contributed by atoms with Crippen LogP contribution >= 0.6 is 0 Å². The van der Waals surface area contributed by atoms with Crippen molar-refractivity contribution in [2.24, 2.45) is 5.92 Å². The average Bonchev–Trinajstić information content (AvgIpc) is 3.14. The molecule has 3 rings (SSSR count). The molecule has 0 radical (unpaired) electrons. The molecule has 0 aromatic carbocycles. The Morgan fingerprint density at radius 1 is 1.22 bits per heavy atom. The monoisotopic (exact) mass is 468 g/mol. The van der Waals surface area contributed by atoms with E-state index in [1.165, 1.54) is 18.7 Å². The third-order valence-electron chi connectivity index (χ3n) is 6.84. The molecule has 8 nitrogen and oxygen atoms in total. The second kappa shape index (κ2) is 11.8. The summed E-state index contributed by atoms with van der Waals surface area (Å²) >= 11 is 0. The fraction of sp³-hybridized carbons (Fsp3) is 0.870. The number of nitrogens with zero attached hydrogens (tertiary/aromatic N) is 2. The van der Waals surface area contributed by atoms with E-state index in [9.17, 15) is 4.79 Å². The van der Waals surface area contributed by atoms with Gasteiger partial charge in [-0.1, -0.05) is 19.6 Å². The number of methoxy groups -OCH3 is 1. The summed E-state index contributed by atoms with van der Waals surface area (Å²) < 4.78 is 17.4. The SMILES string of the molecule is COC(=O)N1CCC[C@H](C2NN(COCC[Si](C)(C)C)C=C2C)[C@@H]1COC1CCNCC1. The molecule has 0 spiro atoms. The van der Waals surface area contributed by atoms with Crippen LogP contribution in [0.1, 0.15) is 32.6 Å². The van der Waals surface area contributed by atoms with Crippen LogP contribution in [0.2, 0.25) is 25.7 Å². The summed E-state index contributed by atoms with van der Waals surface area (Å²) in [5, 5.41) is 5.45. The van der Waals surface area contributed by atoms with Crippen molar-refractivity contribution in [3.63, 3.8) is 0 Å². The second-order valence-corrected chi connectivity index (χ2v) is 16.2. The first-order valence-corrected chi connectivity index (χ1v) is 15.9. The summed E-state index contributed by atoms with van der Waals surface area (Å²) in [6, 6.07) is 1.34. The van der Waals surface area contributed by atoms with Gasteiger partial charge in [0.2, 0.25) is 0 Å². The van der Waals surface area contributed by atoms with Gasteiger partial charge in [-0.05, 0) is 57.3 Å². The van der Waals surface area contributed by atoms with Crippen molar-refractivity contribution < 1.29 is 19.0 Å². The third-order valence-corrected chi connectivity index (χ3v) is 8.54. The zero-order valence-corrected chi connectivity index (χ0v) is 21.7. The fourth-order valence-electron chi connectivity index (χ4n) is 4.92. The van der Waals surface area contributed by atoms with Gasteiger partial charge in [0.15, 0.2) is 0 Å². The predicted molar refractivity (Wildman–Crippen MR) is 129 cm³/mol. The van der Waals surface area contributed by atoms with E-state index in [4.69, 9.17) is 14.2 Å². The van der Waals surface area contributed by atoms with Crippen molar-refractivity contribution in [3.8, 4) is 0 Å². The summed E-state index contributed by atoms with van der Waals surface area (Å²) in [5.41, 5.74) is 4.92. The number of hydrazine groups is 1. The molecule has 1 unspecified atom stereocenters. The van der Waals surface area contributed by atoms with E-state index in [0.29, 0.717) is 13.3 Å². The Hall–Kier alpha value is -1.13. The second-order valence-electron chi connectivity index (χ2n) is 10.6. The van der Waals surface area contributed by atoms with Gasteiger partial charge in [0, 0.05) is 33.3 Å².